The van der Waals surface area contributed by atoms with Gasteiger partial charge in [-0.25, -0.2) is 0 Å². The van der Waals surface area contributed by atoms with Crippen molar-refractivity contribution in [1.82, 2.24) is 0 Å². The van der Waals surface area contributed by atoms with Crippen LogP contribution in [0.2, 0.25) is 0 Å². The average molecular weight is 270 g/mol. The van der Waals surface area contributed by atoms with E-state index in [4.69, 9.17) is 9.47 Å². The summed E-state index contributed by atoms with van der Waals surface area (Å²) in [6, 6.07) is 14.6. The number of ether oxygens (including phenoxy) is 2. The predicted octanol–water partition coefficient (Wildman–Crippen LogP) is 4.47. The van der Waals surface area contributed by atoms with Gasteiger partial charge in [-0.2, -0.15) is 0 Å². The second-order valence-corrected chi connectivity index (χ2v) is 4.80. The maximum Gasteiger partial charge on any atom is 0.169 e. The molecule has 0 saturated carbocycles. The maximum absolute atomic E-state index is 11.2. The number of ketones is 1. The summed E-state index contributed by atoms with van der Waals surface area (Å²) in [5, 5.41) is 0. The van der Waals surface area contributed by atoms with Crippen LogP contribution in [0.25, 0.3) is 0 Å². The first-order chi connectivity index (χ1) is 9.56. The lowest BCUT2D eigenvalue weighted by molar-refractivity contribution is 0.101. The van der Waals surface area contributed by atoms with Gasteiger partial charge in [-0.05, 0) is 57.2 Å². The maximum atomic E-state index is 11.2. The Morgan fingerprint density at radius 2 is 1.55 bits per heavy atom. The zero-order chi connectivity index (χ0) is 14.5. The number of carbonyl (C=O) groups excluding carboxylic acids is 1. The van der Waals surface area contributed by atoms with Gasteiger partial charge in [0.05, 0.1) is 6.10 Å². The fraction of sp³-hybridized carbons (Fsp3) is 0.235. The molecule has 0 bridgehead atoms. The first-order valence-electron chi connectivity index (χ1n) is 6.61. The molecule has 0 N–H and O–H groups in total. The lowest BCUT2D eigenvalue weighted by Crippen LogP contribution is -2.06. The van der Waals surface area contributed by atoms with Crippen molar-refractivity contribution in [3.8, 4) is 17.2 Å². The number of Topliss-reactive ketones (excluding diaryl/α,β-unsaturated/α-hetero) is 1. The van der Waals surface area contributed by atoms with E-state index in [0.29, 0.717) is 22.8 Å². The number of hydrogen-bond acceptors (Lipinski definition) is 3. The summed E-state index contributed by atoms with van der Waals surface area (Å²) < 4.78 is 11.5. The number of hydrogen-bond donors (Lipinski definition) is 0. The summed E-state index contributed by atoms with van der Waals surface area (Å²) >= 11 is 0. The van der Waals surface area contributed by atoms with E-state index in [1.165, 1.54) is 0 Å². The Morgan fingerprint density at radius 1 is 0.950 bits per heavy atom. The molecule has 0 spiro atoms. The van der Waals surface area contributed by atoms with Crippen LogP contribution in [0.15, 0.2) is 48.5 Å². The Balaban J connectivity index is 2.19. The Kier molecular flexibility index (Phi) is 4.41. The topological polar surface area (TPSA) is 35.5 Å². The van der Waals surface area contributed by atoms with E-state index in [-0.39, 0.29) is 11.9 Å². The van der Waals surface area contributed by atoms with Crippen molar-refractivity contribution in [3.05, 3.63) is 54.1 Å². The van der Waals surface area contributed by atoms with E-state index in [9.17, 15) is 4.79 Å². The second kappa shape index (κ2) is 6.24. The molecule has 2 aromatic rings. The van der Waals surface area contributed by atoms with Crippen LogP contribution in [0, 0.1) is 0 Å². The van der Waals surface area contributed by atoms with Crippen LogP contribution in [0.5, 0.6) is 17.2 Å². The number of benzene rings is 2. The largest absolute Gasteiger partial charge is 0.487 e. The highest BCUT2D eigenvalue weighted by atomic mass is 16.5. The first kappa shape index (κ1) is 14.1. The third kappa shape index (κ3) is 3.60. The van der Waals surface area contributed by atoms with Crippen molar-refractivity contribution in [3.63, 3.8) is 0 Å². The van der Waals surface area contributed by atoms with E-state index >= 15 is 0 Å². The molecule has 0 saturated heterocycles. The average Bonchev–Trinajstić information content (AvgIpc) is 2.41. The molecule has 3 heteroatoms. The van der Waals surface area contributed by atoms with Gasteiger partial charge in [0.2, 0.25) is 0 Å². The second-order valence-electron chi connectivity index (χ2n) is 4.80. The predicted molar refractivity (Wildman–Crippen MR) is 78.7 cm³/mol. The van der Waals surface area contributed by atoms with E-state index in [2.05, 4.69) is 0 Å². The molecule has 20 heavy (non-hydrogen) atoms. The van der Waals surface area contributed by atoms with Crippen molar-refractivity contribution in [2.75, 3.05) is 0 Å². The SMILES string of the molecule is CC(=O)c1ccc(Oc2ccccc2OC(C)C)cc1. The summed E-state index contributed by atoms with van der Waals surface area (Å²) in [6.45, 7) is 5.48. The molecule has 0 aromatic heterocycles. The van der Waals surface area contributed by atoms with Gasteiger partial charge in [-0.3, -0.25) is 4.79 Å². The summed E-state index contributed by atoms with van der Waals surface area (Å²) in [4.78, 5) is 11.2. The Labute approximate surface area is 119 Å². The van der Waals surface area contributed by atoms with Crippen LogP contribution in [-0.4, -0.2) is 11.9 Å². The zero-order valence-corrected chi connectivity index (χ0v) is 11.9. The Hall–Kier alpha value is -2.29. The molecular formula is C17H18O3. The van der Waals surface area contributed by atoms with Gasteiger partial charge < -0.3 is 9.47 Å². The van der Waals surface area contributed by atoms with Gasteiger partial charge in [0.1, 0.15) is 5.75 Å². The fourth-order valence-corrected chi connectivity index (χ4v) is 1.77. The summed E-state index contributed by atoms with van der Waals surface area (Å²) in [5.41, 5.74) is 0.670. The quantitative estimate of drug-likeness (QED) is 0.752. The minimum absolute atomic E-state index is 0.0418. The monoisotopic (exact) mass is 270 g/mol. The number of rotatable bonds is 5. The van der Waals surface area contributed by atoms with E-state index in [1.807, 2.05) is 38.1 Å². The number of para-hydroxylation sites is 2. The molecule has 0 heterocycles. The summed E-state index contributed by atoms with van der Waals surface area (Å²) in [7, 11) is 0. The molecule has 3 nitrogen and oxygen atoms in total. The third-order valence-corrected chi connectivity index (χ3v) is 2.70. The van der Waals surface area contributed by atoms with E-state index in [1.54, 1.807) is 31.2 Å². The minimum Gasteiger partial charge on any atom is -0.487 e. The van der Waals surface area contributed by atoms with Crippen molar-refractivity contribution < 1.29 is 14.3 Å². The van der Waals surface area contributed by atoms with Crippen molar-refractivity contribution in [1.29, 1.82) is 0 Å². The molecule has 2 aromatic carbocycles. The van der Waals surface area contributed by atoms with Crippen LogP contribution in [0.4, 0.5) is 0 Å². The van der Waals surface area contributed by atoms with Gasteiger partial charge in [0, 0.05) is 5.56 Å². The number of carbonyl (C=O) groups is 1. The molecule has 0 aliphatic carbocycles. The lowest BCUT2D eigenvalue weighted by atomic mass is 10.1. The fourth-order valence-electron chi connectivity index (χ4n) is 1.77. The molecular weight excluding hydrogens is 252 g/mol. The molecule has 0 aliphatic rings. The smallest absolute Gasteiger partial charge is 0.169 e. The standard InChI is InChI=1S/C17H18O3/c1-12(2)19-16-6-4-5-7-17(16)20-15-10-8-14(9-11-15)13(3)18/h4-12H,1-3H3. The normalized spacial score (nSPS) is 10.4. The van der Waals surface area contributed by atoms with Crippen LogP contribution >= 0.6 is 0 Å². The first-order valence-corrected chi connectivity index (χ1v) is 6.61. The van der Waals surface area contributed by atoms with E-state index < -0.39 is 0 Å². The molecule has 0 unspecified atom stereocenters. The molecule has 104 valence electrons. The molecule has 0 aliphatic heterocycles. The van der Waals surface area contributed by atoms with Crippen LogP contribution in [-0.2, 0) is 0 Å². The van der Waals surface area contributed by atoms with Crippen LogP contribution in [0.1, 0.15) is 31.1 Å². The van der Waals surface area contributed by atoms with E-state index in [0.717, 1.165) is 0 Å². The third-order valence-electron chi connectivity index (χ3n) is 2.70. The highest BCUT2D eigenvalue weighted by Crippen LogP contribution is 2.31. The lowest BCUT2D eigenvalue weighted by Gasteiger charge is -2.14. The Morgan fingerprint density at radius 3 is 2.10 bits per heavy atom. The summed E-state index contributed by atoms with van der Waals surface area (Å²) in [6.07, 6.45) is 0.0832. The van der Waals surface area contributed by atoms with Gasteiger partial charge in [-0.1, -0.05) is 12.1 Å². The zero-order valence-electron chi connectivity index (χ0n) is 11.9. The van der Waals surface area contributed by atoms with Crippen LogP contribution in [0.3, 0.4) is 0 Å². The van der Waals surface area contributed by atoms with Gasteiger partial charge in [0.15, 0.2) is 17.3 Å². The Bertz CT molecular complexity index is 585. The summed E-state index contributed by atoms with van der Waals surface area (Å²) in [5.74, 6) is 2.09. The van der Waals surface area contributed by atoms with Crippen molar-refractivity contribution >= 4 is 5.78 Å². The molecule has 0 atom stereocenters. The highest BCUT2D eigenvalue weighted by Gasteiger charge is 2.07. The minimum atomic E-state index is 0.0418. The van der Waals surface area contributed by atoms with Gasteiger partial charge >= 0.3 is 0 Å². The molecule has 0 fully saturated rings. The molecule has 0 radical (unpaired) electrons. The molecule has 2 rings (SSSR count). The van der Waals surface area contributed by atoms with Crippen molar-refractivity contribution in [2.45, 2.75) is 26.9 Å². The van der Waals surface area contributed by atoms with Crippen LogP contribution < -0.4 is 9.47 Å². The highest BCUT2D eigenvalue weighted by molar-refractivity contribution is 5.94. The van der Waals surface area contributed by atoms with Gasteiger partial charge in [-0.15, -0.1) is 0 Å². The van der Waals surface area contributed by atoms with Crippen molar-refractivity contribution in [2.24, 2.45) is 0 Å². The molecule has 0 amide bonds. The van der Waals surface area contributed by atoms with Gasteiger partial charge in [0.25, 0.3) is 0 Å².